The number of hydrogen-bond donors (Lipinski definition) is 3. The van der Waals surface area contributed by atoms with Crippen LogP contribution in [-0.2, 0) is 19.1 Å². The van der Waals surface area contributed by atoms with Crippen molar-refractivity contribution in [3.63, 3.8) is 0 Å². The third-order valence-electron chi connectivity index (χ3n) is 11.5. The first-order valence-corrected chi connectivity index (χ1v) is 16.7. The Labute approximate surface area is 275 Å². The number of halogens is 3. The summed E-state index contributed by atoms with van der Waals surface area (Å²) in [7, 11) is 1.80. The van der Waals surface area contributed by atoms with Crippen LogP contribution in [-0.4, -0.2) is 65.1 Å². The molecule has 5 aliphatic rings. The summed E-state index contributed by atoms with van der Waals surface area (Å²) in [6.45, 7) is 2.48. The molecule has 0 amide bonds. The van der Waals surface area contributed by atoms with Crippen molar-refractivity contribution in [3.05, 3.63) is 76.9 Å². The van der Waals surface area contributed by atoms with Gasteiger partial charge in [0.2, 0.25) is 0 Å². The minimum Gasteiger partial charge on any atom is -0.390 e. The minimum absolute atomic E-state index is 0.0356. The van der Waals surface area contributed by atoms with Crippen molar-refractivity contribution in [2.75, 3.05) is 19.0 Å². The van der Waals surface area contributed by atoms with Gasteiger partial charge in [-0.05, 0) is 80.2 Å². The molecule has 2 aromatic carbocycles. The Balaban J connectivity index is 1.19. The molecule has 3 saturated carbocycles. The quantitative estimate of drug-likeness (QED) is 0.335. The Bertz CT molecular complexity index is 1670. The van der Waals surface area contributed by atoms with Gasteiger partial charge in [-0.2, -0.15) is 0 Å². The van der Waals surface area contributed by atoms with Crippen LogP contribution >= 0.6 is 23.4 Å². The predicted molar refractivity (Wildman–Crippen MR) is 169 cm³/mol. The van der Waals surface area contributed by atoms with Gasteiger partial charge in [0, 0.05) is 39.1 Å². The highest BCUT2D eigenvalue weighted by Crippen LogP contribution is 2.72. The van der Waals surface area contributed by atoms with Gasteiger partial charge < -0.3 is 25.0 Å². The van der Waals surface area contributed by atoms with Crippen molar-refractivity contribution in [1.82, 2.24) is 0 Å². The highest BCUT2D eigenvalue weighted by atomic mass is 35.5. The number of benzene rings is 2. The number of hydrogen-bond acceptors (Lipinski definition) is 8. The summed E-state index contributed by atoms with van der Waals surface area (Å²) in [5.41, 5.74) is -5.18. The minimum atomic E-state index is -2.30. The summed E-state index contributed by atoms with van der Waals surface area (Å²) >= 11 is 7.76. The molecule has 1 saturated heterocycles. The van der Waals surface area contributed by atoms with Gasteiger partial charge in [0.15, 0.2) is 29.1 Å². The second-order valence-corrected chi connectivity index (χ2v) is 15.1. The lowest BCUT2D eigenvalue weighted by Crippen LogP contribution is -2.70. The van der Waals surface area contributed by atoms with E-state index in [1.165, 1.54) is 19.1 Å². The van der Waals surface area contributed by atoms with Gasteiger partial charge >= 0.3 is 0 Å². The number of aliphatic hydroxyl groups excluding tert-OH is 2. The van der Waals surface area contributed by atoms with Gasteiger partial charge in [0.25, 0.3) is 0 Å². The monoisotopic (exact) mass is 671 g/mol. The highest BCUT2D eigenvalue weighted by molar-refractivity contribution is 7.99. The van der Waals surface area contributed by atoms with Crippen molar-refractivity contribution in [1.29, 1.82) is 0 Å². The van der Waals surface area contributed by atoms with Gasteiger partial charge in [-0.25, -0.2) is 8.78 Å². The molecule has 244 valence electrons. The summed E-state index contributed by atoms with van der Waals surface area (Å²) in [4.78, 5) is 27.8. The van der Waals surface area contributed by atoms with Crippen molar-refractivity contribution >= 4 is 40.6 Å². The number of fused-ring (bicyclic) bond motifs is 7. The smallest absolute Gasteiger partial charge is 0.193 e. The Morgan fingerprint density at radius 1 is 1.13 bits per heavy atom. The first-order valence-electron chi connectivity index (χ1n) is 15.5. The molecule has 2 aromatic rings. The fourth-order valence-electron chi connectivity index (χ4n) is 9.30. The highest BCUT2D eigenvalue weighted by Gasteiger charge is 2.80. The second kappa shape index (κ2) is 11.0. The number of alkyl halides is 2. The average Bonchev–Trinajstić information content (AvgIpc) is 3.54. The lowest BCUT2D eigenvalue weighted by molar-refractivity contribution is -0.235. The molecule has 4 aliphatic carbocycles. The first kappa shape index (κ1) is 32.0. The molecule has 10 atom stereocenters. The predicted octanol–water partition coefficient (Wildman–Crippen LogP) is 6.18. The van der Waals surface area contributed by atoms with E-state index in [1.807, 2.05) is 42.5 Å². The number of aliphatic hydroxyl groups is 2. The first-order chi connectivity index (χ1) is 21.8. The van der Waals surface area contributed by atoms with Crippen LogP contribution in [0.3, 0.4) is 0 Å². The van der Waals surface area contributed by atoms with Crippen LogP contribution in [0.2, 0.25) is 5.02 Å². The topological polar surface area (TPSA) is 105 Å². The van der Waals surface area contributed by atoms with E-state index in [0.717, 1.165) is 21.6 Å². The number of Topliss-reactive ketones (excluding diaryl/α,β-unsaturated/α-hetero) is 1. The van der Waals surface area contributed by atoms with E-state index in [0.29, 0.717) is 10.6 Å². The molecule has 0 bridgehead atoms. The van der Waals surface area contributed by atoms with E-state index in [2.05, 4.69) is 5.32 Å². The van der Waals surface area contributed by atoms with Crippen LogP contribution in [0, 0.1) is 22.7 Å². The zero-order chi connectivity index (χ0) is 32.8. The Morgan fingerprint density at radius 2 is 1.85 bits per heavy atom. The van der Waals surface area contributed by atoms with E-state index in [9.17, 15) is 19.8 Å². The van der Waals surface area contributed by atoms with Crippen molar-refractivity contribution in [3.8, 4) is 0 Å². The molecular weight excluding hydrogens is 636 g/mol. The fraction of sp³-hybridized carbons (Fsp3) is 0.486. The van der Waals surface area contributed by atoms with Crippen molar-refractivity contribution < 1.29 is 38.1 Å². The lowest BCUT2D eigenvalue weighted by Gasteiger charge is -2.63. The number of allylic oxidation sites excluding steroid dienone is 4. The zero-order valence-corrected chi connectivity index (χ0v) is 27.2. The van der Waals surface area contributed by atoms with Crippen LogP contribution in [0.5, 0.6) is 0 Å². The number of carbonyl (C=O) groups is 2. The lowest BCUT2D eigenvalue weighted by atomic mass is 9.44. The molecule has 3 N–H and O–H groups in total. The molecule has 0 unspecified atom stereocenters. The number of anilines is 1. The maximum Gasteiger partial charge on any atom is 0.193 e. The van der Waals surface area contributed by atoms with Crippen LogP contribution < -0.4 is 5.32 Å². The number of carbonyl (C=O) groups excluding carboxylic acids is 2. The van der Waals surface area contributed by atoms with Crippen LogP contribution in [0.4, 0.5) is 14.5 Å². The van der Waals surface area contributed by atoms with Gasteiger partial charge in [-0.3, -0.25) is 9.59 Å². The molecule has 11 heteroatoms. The fourth-order valence-corrected chi connectivity index (χ4v) is 10.4. The van der Waals surface area contributed by atoms with Crippen LogP contribution in [0.15, 0.2) is 76.1 Å². The van der Waals surface area contributed by atoms with Crippen LogP contribution in [0.1, 0.15) is 45.0 Å². The molecule has 0 aromatic heterocycles. The Hall–Kier alpha value is -2.60. The third-order valence-corrected chi connectivity index (χ3v) is 12.8. The number of rotatable bonds is 6. The Morgan fingerprint density at radius 3 is 2.54 bits per heavy atom. The molecule has 46 heavy (non-hydrogen) atoms. The van der Waals surface area contributed by atoms with E-state index in [1.54, 1.807) is 25.7 Å². The zero-order valence-electron chi connectivity index (χ0n) is 25.6. The average molecular weight is 672 g/mol. The summed E-state index contributed by atoms with van der Waals surface area (Å²) in [6, 6.07) is 13.2. The van der Waals surface area contributed by atoms with Gasteiger partial charge in [0.1, 0.15) is 12.8 Å². The number of ether oxygens (including phenoxy) is 2. The second-order valence-electron chi connectivity index (χ2n) is 13.5. The standard InChI is InChI=1S/C35H36ClF2NO6S/c1-32-11-10-19(41)12-24(32)26(37)14-23-22-15-30-35(29(43)17-40,33(22,2)16-28(42)34(23,32)38)45-31(44-30)18-4-6-20(7-5-18)46-21-8-9-25(36)27(13-21)39-3/h4-13,22-23,26,28,30-31,39-40,42H,14-17H2,1-3H3/t22-,23-,26-,28-,30+,31-,32-,33-,34-,35+/m0/s1. The maximum atomic E-state index is 17.6. The number of nitrogens with one attached hydrogen (secondary N) is 1. The molecule has 7 nitrogen and oxygen atoms in total. The maximum absolute atomic E-state index is 17.6. The molecule has 1 heterocycles. The van der Waals surface area contributed by atoms with Crippen LogP contribution in [0.25, 0.3) is 0 Å². The SMILES string of the molecule is CNc1cc(Sc2ccc([C@H]3O[C@@H]4C[C@H]5[C@@H]6C[C@H](F)C7=CC(=O)C=C[C@]7(C)[C@@]6(F)[C@@H](O)C[C@]5(C)[C@]4(C(=O)CO)O3)cc2)ccc1Cl. The van der Waals surface area contributed by atoms with Gasteiger partial charge in [-0.1, -0.05) is 48.5 Å². The molecule has 1 aliphatic heterocycles. The molecule has 0 spiro atoms. The van der Waals surface area contributed by atoms with E-state index >= 15 is 8.78 Å². The van der Waals surface area contributed by atoms with Gasteiger partial charge in [-0.15, -0.1) is 0 Å². The molecule has 0 radical (unpaired) electrons. The summed E-state index contributed by atoms with van der Waals surface area (Å²) in [5.74, 6) is -2.63. The normalized spacial score (nSPS) is 40.9. The summed E-state index contributed by atoms with van der Waals surface area (Å²) in [6.07, 6.45) is -1.47. The summed E-state index contributed by atoms with van der Waals surface area (Å²) < 4.78 is 46.4. The summed E-state index contributed by atoms with van der Waals surface area (Å²) in [5, 5.41) is 25.6. The Kier molecular flexibility index (Phi) is 7.62. The molecular formula is C35H36ClF2NO6S. The van der Waals surface area contributed by atoms with Gasteiger partial charge in [0.05, 0.1) is 22.9 Å². The molecule has 7 rings (SSSR count). The third kappa shape index (κ3) is 4.23. The van der Waals surface area contributed by atoms with E-state index < -0.39 is 76.8 Å². The largest absolute Gasteiger partial charge is 0.390 e. The van der Waals surface area contributed by atoms with E-state index in [4.69, 9.17) is 21.1 Å². The number of ketones is 2. The van der Waals surface area contributed by atoms with E-state index in [-0.39, 0.29) is 24.8 Å². The van der Waals surface area contributed by atoms with Crippen molar-refractivity contribution in [2.24, 2.45) is 22.7 Å². The van der Waals surface area contributed by atoms with Crippen molar-refractivity contribution in [2.45, 2.75) is 78.8 Å². The molecule has 4 fully saturated rings.